The Kier molecular flexibility index (Phi) is 1.74. The molecule has 0 aromatic carbocycles. The second kappa shape index (κ2) is 2.50. The Morgan fingerprint density at radius 3 is 2.64 bits per heavy atom. The van der Waals surface area contributed by atoms with Crippen molar-refractivity contribution in [3.63, 3.8) is 0 Å². The molecule has 0 N–H and O–H groups in total. The van der Waals surface area contributed by atoms with E-state index in [-0.39, 0.29) is 17.1 Å². The van der Waals surface area contributed by atoms with E-state index >= 15 is 0 Å². The molecule has 1 saturated carbocycles. The molecule has 0 aromatic rings. The molecule has 4 atom stereocenters. The van der Waals surface area contributed by atoms with Crippen LogP contribution in [0.4, 0.5) is 0 Å². The predicted molar refractivity (Wildman–Crippen MR) is 41.5 cm³/mol. The van der Waals surface area contributed by atoms with E-state index in [1.54, 1.807) is 0 Å². The third kappa shape index (κ3) is 0.878. The van der Waals surface area contributed by atoms with Crippen molar-refractivity contribution in [2.24, 2.45) is 23.7 Å². The van der Waals surface area contributed by atoms with Gasteiger partial charge in [-0.1, -0.05) is 24.3 Å². The minimum absolute atomic E-state index is 0. The molecule has 0 nitrogen and oxygen atoms in total. The molecule has 58 valence electrons. The van der Waals surface area contributed by atoms with Crippen molar-refractivity contribution in [1.29, 1.82) is 0 Å². The maximum Gasteiger partial charge on any atom is 2.00 e. The molecule has 2 bridgehead atoms. The summed E-state index contributed by atoms with van der Waals surface area (Å²) in [6, 6.07) is 0. The summed E-state index contributed by atoms with van der Waals surface area (Å²) in [4.78, 5) is 0. The number of rotatable bonds is 0. The Morgan fingerprint density at radius 2 is 1.82 bits per heavy atom. The fraction of sp³-hybridized carbons (Fsp3) is 0.600. The number of hydrogen-bond acceptors (Lipinski definition) is 0. The summed E-state index contributed by atoms with van der Waals surface area (Å²) in [6.07, 6.45) is 12.5. The van der Waals surface area contributed by atoms with Crippen LogP contribution in [0, 0.1) is 23.7 Å². The maximum absolute atomic E-state index is 2.44. The normalized spacial score (nSPS) is 49.5. The first kappa shape index (κ1) is 7.64. The van der Waals surface area contributed by atoms with Crippen LogP contribution in [-0.4, -0.2) is 0 Å². The SMILES string of the molecule is C1=CC2C3C=CC(C3)C2C1.[Fe+2]. The number of allylic oxidation sites excluding steroid dienone is 4. The summed E-state index contributed by atoms with van der Waals surface area (Å²) in [5.41, 5.74) is 0. The second-order valence-electron chi connectivity index (χ2n) is 3.85. The van der Waals surface area contributed by atoms with Crippen LogP contribution in [0.1, 0.15) is 12.8 Å². The summed E-state index contributed by atoms with van der Waals surface area (Å²) in [5.74, 6) is 3.82. The first-order chi connectivity index (χ1) is 4.95. The molecule has 0 saturated heterocycles. The molecule has 11 heavy (non-hydrogen) atoms. The van der Waals surface area contributed by atoms with Crippen LogP contribution in [-0.2, 0) is 17.1 Å². The van der Waals surface area contributed by atoms with E-state index in [0.29, 0.717) is 0 Å². The third-order valence-electron chi connectivity index (χ3n) is 3.46. The van der Waals surface area contributed by atoms with Crippen LogP contribution < -0.4 is 0 Å². The van der Waals surface area contributed by atoms with E-state index in [1.807, 2.05) is 0 Å². The van der Waals surface area contributed by atoms with Gasteiger partial charge in [-0.15, -0.1) is 0 Å². The van der Waals surface area contributed by atoms with Gasteiger partial charge in [-0.25, -0.2) is 0 Å². The van der Waals surface area contributed by atoms with E-state index in [1.165, 1.54) is 12.8 Å². The number of hydrogen-bond donors (Lipinski definition) is 0. The average molecular weight is 188 g/mol. The minimum atomic E-state index is 0. The molecule has 3 rings (SSSR count). The average Bonchev–Trinajstić information content (AvgIpc) is 2.60. The van der Waals surface area contributed by atoms with Gasteiger partial charge in [0.15, 0.2) is 0 Å². The van der Waals surface area contributed by atoms with Gasteiger partial charge in [-0.3, -0.25) is 0 Å². The van der Waals surface area contributed by atoms with Crippen molar-refractivity contribution in [2.45, 2.75) is 12.8 Å². The molecule has 0 spiro atoms. The smallest absolute Gasteiger partial charge is 0.0879 e. The van der Waals surface area contributed by atoms with Crippen LogP contribution in [0.15, 0.2) is 24.3 Å². The molecule has 3 aliphatic rings. The second-order valence-corrected chi connectivity index (χ2v) is 3.85. The van der Waals surface area contributed by atoms with Crippen LogP contribution in [0.3, 0.4) is 0 Å². The molecule has 1 fully saturated rings. The molecule has 1 heteroatoms. The zero-order chi connectivity index (χ0) is 6.55. The van der Waals surface area contributed by atoms with Crippen molar-refractivity contribution < 1.29 is 17.1 Å². The summed E-state index contributed by atoms with van der Waals surface area (Å²) >= 11 is 0. The number of fused-ring (bicyclic) bond motifs is 5. The molecule has 4 unspecified atom stereocenters. The van der Waals surface area contributed by atoms with Gasteiger partial charge >= 0.3 is 17.1 Å². The summed E-state index contributed by atoms with van der Waals surface area (Å²) in [5, 5.41) is 0. The van der Waals surface area contributed by atoms with Gasteiger partial charge in [0.1, 0.15) is 0 Å². The first-order valence-corrected chi connectivity index (χ1v) is 4.30. The van der Waals surface area contributed by atoms with Gasteiger partial charge in [-0.2, -0.15) is 0 Å². The predicted octanol–water partition coefficient (Wildman–Crippen LogP) is 2.38. The zero-order valence-electron chi connectivity index (χ0n) is 6.39. The van der Waals surface area contributed by atoms with Gasteiger partial charge in [-0.05, 0) is 36.5 Å². The molecule has 0 heterocycles. The van der Waals surface area contributed by atoms with Crippen molar-refractivity contribution in [3.05, 3.63) is 24.3 Å². The van der Waals surface area contributed by atoms with Gasteiger partial charge in [0.25, 0.3) is 0 Å². The van der Waals surface area contributed by atoms with Crippen molar-refractivity contribution >= 4 is 0 Å². The van der Waals surface area contributed by atoms with Crippen molar-refractivity contribution in [2.75, 3.05) is 0 Å². The zero-order valence-corrected chi connectivity index (χ0v) is 7.49. The van der Waals surface area contributed by atoms with E-state index in [0.717, 1.165) is 23.7 Å². The van der Waals surface area contributed by atoms with Gasteiger partial charge in [0, 0.05) is 0 Å². The Hall–Kier alpha value is -0.000519. The third-order valence-corrected chi connectivity index (χ3v) is 3.46. The summed E-state index contributed by atoms with van der Waals surface area (Å²) in [7, 11) is 0. The molecular weight excluding hydrogens is 176 g/mol. The van der Waals surface area contributed by atoms with Crippen LogP contribution in [0.2, 0.25) is 0 Å². The van der Waals surface area contributed by atoms with Gasteiger partial charge in [0.2, 0.25) is 0 Å². The largest absolute Gasteiger partial charge is 2.00 e. The Bertz CT molecular complexity index is 217. The van der Waals surface area contributed by atoms with Crippen molar-refractivity contribution in [1.82, 2.24) is 0 Å². The van der Waals surface area contributed by atoms with Crippen LogP contribution >= 0.6 is 0 Å². The molecule has 0 aliphatic heterocycles. The fourth-order valence-electron chi connectivity index (χ4n) is 2.97. The minimum Gasteiger partial charge on any atom is -0.0879 e. The molecular formula is C10H12Fe+2. The van der Waals surface area contributed by atoms with E-state index < -0.39 is 0 Å². The summed E-state index contributed by atoms with van der Waals surface area (Å²) in [6.45, 7) is 0. The van der Waals surface area contributed by atoms with Crippen LogP contribution in [0.5, 0.6) is 0 Å². The van der Waals surface area contributed by atoms with E-state index in [9.17, 15) is 0 Å². The monoisotopic (exact) mass is 188 g/mol. The van der Waals surface area contributed by atoms with Crippen molar-refractivity contribution in [3.8, 4) is 0 Å². The molecule has 3 aliphatic carbocycles. The standard InChI is InChI=1S/C10H12.Fe/c1-2-9-7-4-5-8(6-7)10(9)3-1;/h1-2,4-5,7-10H,3,6H2;/q;+2. The topological polar surface area (TPSA) is 0 Å². The Morgan fingerprint density at radius 1 is 1.00 bits per heavy atom. The molecule has 0 aromatic heterocycles. The van der Waals surface area contributed by atoms with E-state index in [2.05, 4.69) is 24.3 Å². The van der Waals surface area contributed by atoms with Gasteiger partial charge in [0.05, 0.1) is 0 Å². The van der Waals surface area contributed by atoms with E-state index in [4.69, 9.17) is 0 Å². The Balaban J connectivity index is 0.000000480. The maximum atomic E-state index is 2.44. The quantitative estimate of drug-likeness (QED) is 0.404. The fourth-order valence-corrected chi connectivity index (χ4v) is 2.97. The molecule has 0 radical (unpaired) electrons. The molecule has 0 amide bonds. The summed E-state index contributed by atoms with van der Waals surface area (Å²) < 4.78 is 0. The van der Waals surface area contributed by atoms with Crippen LogP contribution in [0.25, 0.3) is 0 Å². The van der Waals surface area contributed by atoms with Gasteiger partial charge < -0.3 is 0 Å². The first-order valence-electron chi connectivity index (χ1n) is 4.30. The Labute approximate surface area is 78.2 Å².